The lowest BCUT2D eigenvalue weighted by Crippen LogP contribution is -2.52. The van der Waals surface area contributed by atoms with Gasteiger partial charge >= 0.3 is 5.97 Å². The van der Waals surface area contributed by atoms with Crippen LogP contribution in [-0.4, -0.2) is 67.5 Å². The van der Waals surface area contributed by atoms with E-state index >= 15 is 0 Å². The SMILES string of the molecule is O=C(O)C1CCCN(S(=O)(=O)N2CCOCC2)C1. The molecule has 0 aliphatic carbocycles. The molecule has 0 aromatic carbocycles. The lowest BCUT2D eigenvalue weighted by atomic mass is 10.0. The summed E-state index contributed by atoms with van der Waals surface area (Å²) < 4.78 is 32.4. The first-order valence-corrected chi connectivity index (χ1v) is 7.47. The average Bonchev–Trinajstić information content (AvgIpc) is 2.40. The van der Waals surface area contributed by atoms with Gasteiger partial charge in [0.15, 0.2) is 0 Å². The van der Waals surface area contributed by atoms with Gasteiger partial charge in [0.25, 0.3) is 10.2 Å². The first kappa shape index (κ1) is 13.7. The minimum Gasteiger partial charge on any atom is -0.481 e. The number of piperidine rings is 1. The number of aliphatic carboxylic acids is 1. The van der Waals surface area contributed by atoms with Gasteiger partial charge in [-0.3, -0.25) is 4.79 Å². The van der Waals surface area contributed by atoms with Gasteiger partial charge in [0.1, 0.15) is 0 Å². The number of hydrogen-bond donors (Lipinski definition) is 1. The predicted octanol–water partition coefficient (Wildman–Crippen LogP) is -0.640. The fourth-order valence-electron chi connectivity index (χ4n) is 2.29. The van der Waals surface area contributed by atoms with E-state index in [9.17, 15) is 13.2 Å². The van der Waals surface area contributed by atoms with Crippen molar-refractivity contribution in [3.05, 3.63) is 0 Å². The van der Waals surface area contributed by atoms with Gasteiger partial charge in [-0.1, -0.05) is 0 Å². The topological polar surface area (TPSA) is 87.2 Å². The third-order valence-electron chi connectivity index (χ3n) is 3.36. The van der Waals surface area contributed by atoms with E-state index in [1.807, 2.05) is 0 Å². The fraction of sp³-hybridized carbons (Fsp3) is 0.900. The molecular formula is C10H18N2O5S. The fourth-order valence-corrected chi connectivity index (χ4v) is 3.96. The van der Waals surface area contributed by atoms with Gasteiger partial charge in [0.05, 0.1) is 19.1 Å². The largest absolute Gasteiger partial charge is 0.481 e. The van der Waals surface area contributed by atoms with Crippen molar-refractivity contribution in [1.29, 1.82) is 0 Å². The molecule has 2 aliphatic rings. The highest BCUT2D eigenvalue weighted by atomic mass is 32.2. The van der Waals surface area contributed by atoms with Gasteiger partial charge in [-0.05, 0) is 12.8 Å². The van der Waals surface area contributed by atoms with E-state index < -0.39 is 22.1 Å². The van der Waals surface area contributed by atoms with Crippen molar-refractivity contribution in [2.24, 2.45) is 5.92 Å². The number of carbonyl (C=O) groups is 1. The van der Waals surface area contributed by atoms with E-state index in [2.05, 4.69) is 0 Å². The lowest BCUT2D eigenvalue weighted by Gasteiger charge is -2.35. The van der Waals surface area contributed by atoms with Crippen molar-refractivity contribution < 1.29 is 23.1 Å². The van der Waals surface area contributed by atoms with Crippen molar-refractivity contribution in [3.63, 3.8) is 0 Å². The highest BCUT2D eigenvalue weighted by molar-refractivity contribution is 7.86. The maximum atomic E-state index is 12.3. The Balaban J connectivity index is 2.06. The van der Waals surface area contributed by atoms with Crippen LogP contribution in [-0.2, 0) is 19.7 Å². The molecule has 0 spiro atoms. The first-order chi connectivity index (χ1) is 8.51. The van der Waals surface area contributed by atoms with Gasteiger partial charge in [-0.2, -0.15) is 17.0 Å². The molecule has 2 heterocycles. The van der Waals surface area contributed by atoms with Crippen molar-refractivity contribution in [1.82, 2.24) is 8.61 Å². The number of carboxylic acids is 1. The molecule has 18 heavy (non-hydrogen) atoms. The first-order valence-electron chi connectivity index (χ1n) is 6.07. The Morgan fingerprint density at radius 3 is 2.44 bits per heavy atom. The molecule has 1 N–H and O–H groups in total. The molecule has 104 valence electrons. The van der Waals surface area contributed by atoms with Crippen LogP contribution in [0.4, 0.5) is 0 Å². The van der Waals surface area contributed by atoms with E-state index in [4.69, 9.17) is 9.84 Å². The van der Waals surface area contributed by atoms with Crippen molar-refractivity contribution in [2.45, 2.75) is 12.8 Å². The molecule has 1 atom stereocenters. The molecule has 0 amide bonds. The normalized spacial score (nSPS) is 28.1. The summed E-state index contributed by atoms with van der Waals surface area (Å²) in [5.41, 5.74) is 0. The Bertz CT molecular complexity index is 404. The van der Waals surface area contributed by atoms with E-state index in [1.165, 1.54) is 8.61 Å². The Labute approximate surface area is 106 Å². The zero-order chi connectivity index (χ0) is 13.2. The van der Waals surface area contributed by atoms with Crippen LogP contribution >= 0.6 is 0 Å². The Morgan fingerprint density at radius 1 is 1.17 bits per heavy atom. The summed E-state index contributed by atoms with van der Waals surface area (Å²) in [6, 6.07) is 0. The molecule has 7 nitrogen and oxygen atoms in total. The third kappa shape index (κ3) is 2.82. The monoisotopic (exact) mass is 278 g/mol. The van der Waals surface area contributed by atoms with E-state index in [0.717, 1.165) is 0 Å². The second kappa shape index (κ2) is 5.52. The maximum absolute atomic E-state index is 12.3. The van der Waals surface area contributed by atoms with Crippen LogP contribution in [0.2, 0.25) is 0 Å². The molecule has 2 aliphatic heterocycles. The summed E-state index contributed by atoms with van der Waals surface area (Å²) >= 11 is 0. The smallest absolute Gasteiger partial charge is 0.307 e. The second-order valence-corrected chi connectivity index (χ2v) is 6.48. The van der Waals surface area contributed by atoms with E-state index in [0.29, 0.717) is 45.7 Å². The second-order valence-electron chi connectivity index (χ2n) is 4.55. The predicted molar refractivity (Wildman–Crippen MR) is 63.2 cm³/mol. The number of nitrogens with zero attached hydrogens (tertiary/aromatic N) is 2. The Hall–Kier alpha value is -0.700. The minimum atomic E-state index is -3.53. The van der Waals surface area contributed by atoms with Crippen LogP contribution in [0.1, 0.15) is 12.8 Å². The van der Waals surface area contributed by atoms with Crippen LogP contribution < -0.4 is 0 Å². The highest BCUT2D eigenvalue weighted by Gasteiger charge is 2.36. The van der Waals surface area contributed by atoms with Gasteiger partial charge in [0, 0.05) is 26.2 Å². The van der Waals surface area contributed by atoms with Crippen LogP contribution in [0.15, 0.2) is 0 Å². The highest BCUT2D eigenvalue weighted by Crippen LogP contribution is 2.21. The number of morpholine rings is 1. The standard InChI is InChI=1S/C10H18N2O5S/c13-10(14)9-2-1-3-12(8-9)18(15,16)11-4-6-17-7-5-11/h9H,1-8H2,(H,13,14). The summed E-state index contributed by atoms with van der Waals surface area (Å²) in [5.74, 6) is -1.51. The van der Waals surface area contributed by atoms with Gasteiger partial charge in [0.2, 0.25) is 0 Å². The molecule has 0 bridgehead atoms. The van der Waals surface area contributed by atoms with Gasteiger partial charge in [-0.25, -0.2) is 0 Å². The van der Waals surface area contributed by atoms with Gasteiger partial charge in [-0.15, -0.1) is 0 Å². The molecule has 2 saturated heterocycles. The van der Waals surface area contributed by atoms with Gasteiger partial charge < -0.3 is 9.84 Å². The molecule has 2 fully saturated rings. The number of ether oxygens (including phenoxy) is 1. The van der Waals surface area contributed by atoms with Crippen LogP contribution in [0.5, 0.6) is 0 Å². The molecule has 0 aromatic heterocycles. The van der Waals surface area contributed by atoms with Crippen LogP contribution in [0.25, 0.3) is 0 Å². The third-order valence-corrected chi connectivity index (χ3v) is 5.36. The quantitative estimate of drug-likeness (QED) is 0.742. The molecule has 0 saturated carbocycles. The molecule has 8 heteroatoms. The summed E-state index contributed by atoms with van der Waals surface area (Å²) in [6.45, 7) is 1.97. The number of carboxylic acid groups (broad SMARTS) is 1. The molecule has 0 aromatic rings. The van der Waals surface area contributed by atoms with Crippen LogP contribution in [0, 0.1) is 5.92 Å². The average molecular weight is 278 g/mol. The summed E-state index contributed by atoms with van der Waals surface area (Å²) in [4.78, 5) is 10.9. The Kier molecular flexibility index (Phi) is 4.21. The summed E-state index contributed by atoms with van der Waals surface area (Å²) in [5, 5.41) is 8.98. The summed E-state index contributed by atoms with van der Waals surface area (Å²) in [6.07, 6.45) is 1.14. The lowest BCUT2D eigenvalue weighted by molar-refractivity contribution is -0.142. The van der Waals surface area contributed by atoms with Crippen molar-refractivity contribution in [3.8, 4) is 0 Å². The van der Waals surface area contributed by atoms with Crippen LogP contribution in [0.3, 0.4) is 0 Å². The zero-order valence-electron chi connectivity index (χ0n) is 10.1. The van der Waals surface area contributed by atoms with E-state index in [-0.39, 0.29) is 6.54 Å². The van der Waals surface area contributed by atoms with E-state index in [1.54, 1.807) is 0 Å². The number of rotatable bonds is 3. The number of hydrogen-bond acceptors (Lipinski definition) is 4. The maximum Gasteiger partial charge on any atom is 0.307 e. The molecular weight excluding hydrogens is 260 g/mol. The molecule has 0 radical (unpaired) electrons. The summed E-state index contributed by atoms with van der Waals surface area (Å²) in [7, 11) is -3.53. The van der Waals surface area contributed by atoms with Crippen molar-refractivity contribution in [2.75, 3.05) is 39.4 Å². The Morgan fingerprint density at radius 2 is 1.83 bits per heavy atom. The zero-order valence-corrected chi connectivity index (χ0v) is 10.9. The minimum absolute atomic E-state index is 0.0784. The molecule has 2 rings (SSSR count). The van der Waals surface area contributed by atoms with Crippen molar-refractivity contribution >= 4 is 16.2 Å². The molecule has 1 unspecified atom stereocenters.